The van der Waals surface area contributed by atoms with Gasteiger partial charge in [-0.25, -0.2) is 0 Å². The summed E-state index contributed by atoms with van der Waals surface area (Å²) in [6.07, 6.45) is 0. The molecule has 500 valence electrons. The fourth-order valence-electron chi connectivity index (χ4n) is 16.2. The lowest BCUT2D eigenvalue weighted by molar-refractivity contribution is 0.418. The summed E-state index contributed by atoms with van der Waals surface area (Å²) in [4.78, 5) is 2.45. The average Bonchev–Trinajstić information content (AvgIpc) is 0.885. The van der Waals surface area contributed by atoms with Crippen LogP contribution in [0.2, 0.25) is 0 Å². The molecule has 0 unspecified atom stereocenters. The first kappa shape index (κ1) is 61.8. The smallest absolute Gasteiger partial charge is 0.256 e. The number of aromatic nitrogens is 2. The van der Waals surface area contributed by atoms with E-state index < -0.39 is 10.8 Å². The Balaban J connectivity index is 1.00. The lowest BCUT2D eigenvalue weighted by atomic mass is 9.34. The number of benzene rings is 12. The topological polar surface area (TPSA) is 31.6 Å². The summed E-state index contributed by atoms with van der Waals surface area (Å²) in [7, 11) is 0. The number of hydrogen-bond acceptors (Lipinski definition) is 3. The molecule has 0 saturated carbocycles. The van der Waals surface area contributed by atoms with Gasteiger partial charge in [0.05, 0.1) is 30.5 Å². The molecule has 14 aromatic rings. The zero-order valence-corrected chi connectivity index (χ0v) is 61.6. The molecule has 0 aliphatic carbocycles. The predicted molar refractivity (Wildman–Crippen MR) is 429 cm³/mol. The first-order valence-corrected chi connectivity index (χ1v) is 36.2. The minimum absolute atomic E-state index is 0.0546. The molecule has 0 fully saturated rings. The maximum Gasteiger partial charge on any atom is 0.256 e. The standard InChI is InChI=1S/C95H90BN3O2/c1-90(2,3)61-33-41-78-70(49-61)71-50-62(91(4,5)6)34-42-79(71)97(78)66-37-39-76-82(55-66)99(89-68(57-26-20-18-21-27-57)53-65(94(13,14)15)54-69(89)58-28-22-19-23-29-58)83-47-60(59-32-45-85-75(46-59)95(16,17)74-30-24-25-31-84(74)100-85)48-87-88(83)96(76)77-40-38-67(56-86(77)101-87)98-80-43-35-63(92(7,8)9)51-72(80)73-52-64(93(10,11)12)36-44-81(73)98/h18-56H,1-17H3/i53D,54D. The van der Waals surface area contributed by atoms with Gasteiger partial charge < -0.3 is 23.5 Å². The van der Waals surface area contributed by atoms with Crippen molar-refractivity contribution in [1.82, 2.24) is 9.13 Å². The monoisotopic (exact) mass is 1320 g/mol. The van der Waals surface area contributed by atoms with Gasteiger partial charge in [-0.2, -0.15) is 0 Å². The van der Waals surface area contributed by atoms with E-state index in [1.807, 2.05) is 6.07 Å². The third-order valence-electron chi connectivity index (χ3n) is 22.1. The van der Waals surface area contributed by atoms with Crippen molar-refractivity contribution < 1.29 is 12.2 Å². The summed E-state index contributed by atoms with van der Waals surface area (Å²) in [5, 5.41) is 4.87. The van der Waals surface area contributed by atoms with Crippen molar-refractivity contribution in [2.24, 2.45) is 0 Å². The Morgan fingerprint density at radius 1 is 0.337 bits per heavy atom. The first-order chi connectivity index (χ1) is 48.8. The Hall–Kier alpha value is -10.3. The summed E-state index contributed by atoms with van der Waals surface area (Å²) in [5.41, 5.74) is 24.3. The van der Waals surface area contributed by atoms with E-state index in [2.05, 4.69) is 350 Å². The molecule has 5 heterocycles. The van der Waals surface area contributed by atoms with Crippen LogP contribution in [-0.2, 0) is 32.5 Å². The van der Waals surface area contributed by atoms with Crippen molar-refractivity contribution >= 4 is 83.8 Å². The number of fused-ring (bicyclic) bond motifs is 12. The van der Waals surface area contributed by atoms with Crippen molar-refractivity contribution in [3.05, 3.63) is 275 Å². The van der Waals surface area contributed by atoms with Crippen LogP contribution in [0.4, 0.5) is 17.1 Å². The summed E-state index contributed by atoms with van der Waals surface area (Å²) < 4.78 is 41.3. The molecule has 0 saturated heterocycles. The maximum atomic E-state index is 10.9. The number of ether oxygens (including phenoxy) is 2. The normalized spacial score (nSPS) is 14.5. The van der Waals surface area contributed by atoms with Crippen LogP contribution in [0.3, 0.4) is 0 Å². The quantitative estimate of drug-likeness (QED) is 0.156. The number of hydrogen-bond donors (Lipinski definition) is 0. The fraction of sp³-hybridized carbons (Fsp3) is 0.242. The largest absolute Gasteiger partial charge is 0.458 e. The summed E-state index contributed by atoms with van der Waals surface area (Å²) in [6, 6.07) is 83.7. The van der Waals surface area contributed by atoms with Crippen LogP contribution in [0.1, 0.15) is 159 Å². The second kappa shape index (κ2) is 22.4. The maximum absolute atomic E-state index is 10.9. The van der Waals surface area contributed by atoms with Crippen molar-refractivity contribution in [3.63, 3.8) is 0 Å². The predicted octanol–water partition coefficient (Wildman–Crippen LogP) is 24.2. The first-order valence-electron chi connectivity index (χ1n) is 37.2. The van der Waals surface area contributed by atoms with Gasteiger partial charge in [0.1, 0.15) is 23.0 Å². The van der Waals surface area contributed by atoms with Crippen LogP contribution in [-0.4, -0.2) is 15.8 Å². The van der Waals surface area contributed by atoms with Gasteiger partial charge in [-0.15, -0.1) is 0 Å². The van der Waals surface area contributed by atoms with Gasteiger partial charge in [-0.05, 0) is 203 Å². The molecule has 17 rings (SSSR count). The Labute approximate surface area is 600 Å². The second-order valence-electron chi connectivity index (χ2n) is 34.5. The Bertz CT molecular complexity index is 5690. The lowest BCUT2D eigenvalue weighted by Gasteiger charge is -2.42. The van der Waals surface area contributed by atoms with Gasteiger partial charge in [0.2, 0.25) is 0 Å². The molecule has 6 heteroatoms. The van der Waals surface area contributed by atoms with E-state index >= 15 is 0 Å². The number of rotatable bonds is 6. The highest BCUT2D eigenvalue weighted by Gasteiger charge is 2.45. The molecular formula is C95H90BN3O2. The van der Waals surface area contributed by atoms with E-state index in [0.29, 0.717) is 17.6 Å². The molecule has 0 spiro atoms. The third kappa shape index (κ3) is 10.4. The van der Waals surface area contributed by atoms with E-state index in [1.54, 1.807) is 0 Å². The molecule has 0 radical (unpaired) electrons. The summed E-state index contributed by atoms with van der Waals surface area (Å²) in [5.74, 6) is 3.23. The molecule has 3 aliphatic heterocycles. The Kier molecular flexibility index (Phi) is 13.7. The molecule has 12 aromatic carbocycles. The number of nitrogens with zero attached hydrogens (tertiary/aromatic N) is 3. The Morgan fingerprint density at radius 3 is 1.26 bits per heavy atom. The van der Waals surface area contributed by atoms with Crippen LogP contribution in [0.5, 0.6) is 23.0 Å². The second-order valence-corrected chi connectivity index (χ2v) is 34.5. The highest BCUT2D eigenvalue weighted by atomic mass is 16.5. The summed E-state index contributed by atoms with van der Waals surface area (Å²) in [6.45, 7) is 38.3. The van der Waals surface area contributed by atoms with E-state index in [9.17, 15) is 2.74 Å². The van der Waals surface area contributed by atoms with Gasteiger partial charge in [-0.1, -0.05) is 239 Å². The molecule has 3 aliphatic rings. The number of anilines is 3. The Morgan fingerprint density at radius 2 is 0.772 bits per heavy atom. The molecule has 0 N–H and O–H groups in total. The molecule has 0 amide bonds. The van der Waals surface area contributed by atoms with Crippen LogP contribution < -0.4 is 30.8 Å². The van der Waals surface area contributed by atoms with Crippen molar-refractivity contribution in [2.45, 2.75) is 150 Å². The summed E-state index contributed by atoms with van der Waals surface area (Å²) >= 11 is 0. The number of para-hydroxylation sites is 1. The zero-order valence-electron chi connectivity index (χ0n) is 63.6. The third-order valence-corrected chi connectivity index (χ3v) is 22.1. The molecule has 0 atom stereocenters. The molecule has 0 bridgehead atoms. The van der Waals surface area contributed by atoms with Gasteiger partial charge in [0, 0.05) is 78.0 Å². The van der Waals surface area contributed by atoms with Crippen molar-refractivity contribution in [2.75, 3.05) is 4.90 Å². The van der Waals surface area contributed by atoms with Crippen LogP contribution in [0.25, 0.3) is 88.4 Å². The van der Waals surface area contributed by atoms with Crippen LogP contribution in [0, 0.1) is 0 Å². The fourth-order valence-corrected chi connectivity index (χ4v) is 16.2. The van der Waals surface area contributed by atoms with Crippen LogP contribution in [0.15, 0.2) is 237 Å². The van der Waals surface area contributed by atoms with Crippen molar-refractivity contribution in [3.8, 4) is 67.8 Å². The van der Waals surface area contributed by atoms with E-state index in [0.717, 1.165) is 134 Å². The zero-order chi connectivity index (χ0) is 72.1. The van der Waals surface area contributed by atoms with E-state index in [1.165, 1.54) is 43.8 Å². The SMILES string of the molecule is [2H]c1c(-c2ccccc2)c(N2c3cc(-n4c5ccc(C(C)(C)C)cc5c5cc(C(C)(C)C)ccc54)ccc3B3c4ccc(-n5c6ccc(C(C)(C)C)cc6c6cc(C(C)(C)C)ccc65)cc4Oc4cc(-c5ccc6c(c5)C(C)(C)c5ccccc5O6)cc2c43)c(-c2ccccc2)c([2H])c1C(C)(C)C. The van der Waals surface area contributed by atoms with Gasteiger partial charge >= 0.3 is 0 Å². The average molecular weight is 1320 g/mol. The van der Waals surface area contributed by atoms with Gasteiger partial charge in [-0.3, -0.25) is 0 Å². The van der Waals surface area contributed by atoms with E-state index in [4.69, 9.17) is 9.47 Å². The molecule has 2 aromatic heterocycles. The molecule has 5 nitrogen and oxygen atoms in total. The lowest BCUT2D eigenvalue weighted by Crippen LogP contribution is -2.59. The van der Waals surface area contributed by atoms with E-state index in [-0.39, 0.29) is 28.4 Å². The van der Waals surface area contributed by atoms with Crippen LogP contribution >= 0.6 is 0 Å². The van der Waals surface area contributed by atoms with Gasteiger partial charge in [0.25, 0.3) is 6.71 Å². The molecular weight excluding hydrogens is 1230 g/mol. The minimum Gasteiger partial charge on any atom is -0.458 e. The minimum atomic E-state index is -0.585. The van der Waals surface area contributed by atoms with Crippen molar-refractivity contribution in [1.29, 1.82) is 0 Å². The highest BCUT2D eigenvalue weighted by Crippen LogP contribution is 2.54. The molecule has 101 heavy (non-hydrogen) atoms. The van der Waals surface area contributed by atoms with Gasteiger partial charge in [0.15, 0.2) is 0 Å². The highest BCUT2D eigenvalue weighted by molar-refractivity contribution is 6.99.